The first-order chi connectivity index (χ1) is 14.3. The number of benzene rings is 1. The van der Waals surface area contributed by atoms with E-state index in [0.29, 0.717) is 36.3 Å². The Balaban J connectivity index is 1.50. The molecule has 1 unspecified atom stereocenters. The third-order valence-corrected chi connectivity index (χ3v) is 7.18. The molecule has 160 valence electrons. The van der Waals surface area contributed by atoms with Crippen LogP contribution in [0.3, 0.4) is 0 Å². The Bertz CT molecular complexity index is 1110. The van der Waals surface area contributed by atoms with Gasteiger partial charge in [-0.3, -0.25) is 0 Å². The fourth-order valence-electron chi connectivity index (χ4n) is 3.58. The highest BCUT2D eigenvalue weighted by molar-refractivity contribution is 7.89. The topological polar surface area (TPSA) is 103 Å². The summed E-state index contributed by atoms with van der Waals surface area (Å²) in [6.45, 7) is 4.60. The molecule has 0 aliphatic carbocycles. The molecule has 0 amide bonds. The maximum absolute atomic E-state index is 13.1. The maximum atomic E-state index is 13.1. The lowest BCUT2D eigenvalue weighted by atomic mass is 9.82. The number of sulfonamides is 1. The van der Waals surface area contributed by atoms with Gasteiger partial charge in [0.2, 0.25) is 0 Å². The van der Waals surface area contributed by atoms with Gasteiger partial charge in [0.15, 0.2) is 17.5 Å². The van der Waals surface area contributed by atoms with Crippen molar-refractivity contribution < 1.29 is 17.7 Å². The van der Waals surface area contributed by atoms with Crippen molar-refractivity contribution >= 4 is 10.0 Å². The first kappa shape index (κ1) is 20.5. The van der Waals surface area contributed by atoms with Crippen LogP contribution in [0.2, 0.25) is 0 Å². The van der Waals surface area contributed by atoms with E-state index in [9.17, 15) is 8.42 Å². The second-order valence-corrected chi connectivity index (χ2v) is 9.74. The minimum atomic E-state index is -3.69. The SMILES string of the molecule is Cc1nc(S(=O)(=O)N2CCCC(C)(c3noc(COc4ccccc4)n3)C2)cn1C. The number of aromatic nitrogens is 4. The van der Waals surface area contributed by atoms with E-state index in [1.165, 1.54) is 4.31 Å². The molecule has 2 aromatic heterocycles. The molecule has 3 heterocycles. The van der Waals surface area contributed by atoms with Gasteiger partial charge in [-0.15, -0.1) is 0 Å². The molecular formula is C20H25N5O4S. The number of nitrogens with zero attached hydrogens (tertiary/aromatic N) is 5. The molecule has 10 heteroatoms. The quantitative estimate of drug-likeness (QED) is 0.590. The Morgan fingerprint density at radius 3 is 2.70 bits per heavy atom. The van der Waals surface area contributed by atoms with E-state index in [0.717, 1.165) is 6.42 Å². The minimum Gasteiger partial charge on any atom is -0.484 e. The molecule has 1 aromatic carbocycles. The van der Waals surface area contributed by atoms with Crippen LogP contribution in [0.15, 0.2) is 46.1 Å². The van der Waals surface area contributed by atoms with Crippen molar-refractivity contribution in [2.75, 3.05) is 13.1 Å². The van der Waals surface area contributed by atoms with Crippen LogP contribution in [0.1, 0.15) is 37.3 Å². The van der Waals surface area contributed by atoms with Crippen LogP contribution in [0.25, 0.3) is 0 Å². The molecule has 0 saturated carbocycles. The number of ether oxygens (including phenoxy) is 1. The Kier molecular flexibility index (Phi) is 5.37. The van der Waals surface area contributed by atoms with Crippen LogP contribution in [-0.2, 0) is 29.1 Å². The highest BCUT2D eigenvalue weighted by Gasteiger charge is 2.42. The van der Waals surface area contributed by atoms with Gasteiger partial charge in [-0.05, 0) is 31.9 Å². The van der Waals surface area contributed by atoms with Crippen molar-refractivity contribution in [3.63, 3.8) is 0 Å². The normalized spacial score (nSPS) is 20.4. The van der Waals surface area contributed by atoms with E-state index >= 15 is 0 Å². The van der Waals surface area contributed by atoms with Gasteiger partial charge in [0.05, 0.1) is 0 Å². The first-order valence-electron chi connectivity index (χ1n) is 9.79. The Morgan fingerprint density at radius 1 is 1.23 bits per heavy atom. The maximum Gasteiger partial charge on any atom is 0.264 e. The van der Waals surface area contributed by atoms with Gasteiger partial charge in [0.1, 0.15) is 11.6 Å². The van der Waals surface area contributed by atoms with Gasteiger partial charge >= 0.3 is 0 Å². The predicted octanol–water partition coefficient (Wildman–Crippen LogP) is 2.43. The number of para-hydroxylation sites is 1. The predicted molar refractivity (Wildman–Crippen MR) is 108 cm³/mol. The zero-order valence-electron chi connectivity index (χ0n) is 17.3. The largest absolute Gasteiger partial charge is 0.484 e. The summed E-state index contributed by atoms with van der Waals surface area (Å²) in [6, 6.07) is 9.38. The molecule has 1 saturated heterocycles. The van der Waals surface area contributed by atoms with Gasteiger partial charge < -0.3 is 13.8 Å². The van der Waals surface area contributed by atoms with Crippen LogP contribution in [0, 0.1) is 6.92 Å². The summed E-state index contributed by atoms with van der Waals surface area (Å²) in [5, 5.41) is 4.19. The molecule has 0 N–H and O–H groups in total. The molecule has 1 aliphatic rings. The molecule has 30 heavy (non-hydrogen) atoms. The summed E-state index contributed by atoms with van der Waals surface area (Å²) in [7, 11) is -1.91. The zero-order valence-corrected chi connectivity index (χ0v) is 18.1. The third kappa shape index (κ3) is 3.97. The lowest BCUT2D eigenvalue weighted by molar-refractivity contribution is 0.221. The Morgan fingerprint density at radius 2 is 2.00 bits per heavy atom. The van der Waals surface area contributed by atoms with Crippen molar-refractivity contribution in [1.82, 2.24) is 24.0 Å². The van der Waals surface area contributed by atoms with E-state index in [1.54, 1.807) is 24.7 Å². The molecule has 0 radical (unpaired) electrons. The van der Waals surface area contributed by atoms with E-state index in [-0.39, 0.29) is 18.2 Å². The molecule has 1 atom stereocenters. The third-order valence-electron chi connectivity index (χ3n) is 5.47. The van der Waals surface area contributed by atoms with Crippen LogP contribution in [0.5, 0.6) is 5.75 Å². The number of imidazole rings is 1. The van der Waals surface area contributed by atoms with Crippen molar-refractivity contribution in [2.24, 2.45) is 7.05 Å². The summed E-state index contributed by atoms with van der Waals surface area (Å²) < 4.78 is 40.4. The molecule has 0 bridgehead atoms. The fourth-order valence-corrected chi connectivity index (χ4v) is 5.21. The highest BCUT2D eigenvalue weighted by Crippen LogP contribution is 2.34. The van der Waals surface area contributed by atoms with Gasteiger partial charge in [0.25, 0.3) is 15.9 Å². The van der Waals surface area contributed by atoms with Crippen LogP contribution in [0.4, 0.5) is 0 Å². The molecule has 9 nitrogen and oxygen atoms in total. The Hall–Kier alpha value is -2.72. The molecule has 4 rings (SSSR count). The second-order valence-electron chi connectivity index (χ2n) is 7.85. The summed E-state index contributed by atoms with van der Waals surface area (Å²) in [5.74, 6) is 2.21. The van der Waals surface area contributed by atoms with Crippen molar-refractivity contribution in [1.29, 1.82) is 0 Å². The summed E-state index contributed by atoms with van der Waals surface area (Å²) in [6.07, 6.45) is 3.01. The van der Waals surface area contributed by atoms with E-state index in [4.69, 9.17) is 9.26 Å². The number of rotatable bonds is 6. The number of aryl methyl sites for hydroxylation is 2. The van der Waals surface area contributed by atoms with Crippen LogP contribution in [-0.4, -0.2) is 45.5 Å². The average Bonchev–Trinajstić information content (AvgIpc) is 3.35. The smallest absolute Gasteiger partial charge is 0.264 e. The van der Waals surface area contributed by atoms with Gasteiger partial charge in [0, 0.05) is 31.7 Å². The van der Waals surface area contributed by atoms with Crippen LogP contribution >= 0.6 is 0 Å². The van der Waals surface area contributed by atoms with E-state index in [1.807, 2.05) is 37.3 Å². The molecule has 3 aromatic rings. The standard InChI is InChI=1S/C20H25N5O4S/c1-15-21-18(12-24(15)3)30(26,27)25-11-7-10-20(2,14-25)19-22-17(29-23-19)13-28-16-8-5-4-6-9-16/h4-6,8-9,12H,7,10-11,13-14H2,1-3H3. The van der Waals surface area contributed by atoms with Crippen molar-refractivity contribution in [3.05, 3.63) is 54.1 Å². The van der Waals surface area contributed by atoms with Crippen molar-refractivity contribution in [3.8, 4) is 5.75 Å². The van der Waals surface area contributed by atoms with Gasteiger partial charge in [-0.1, -0.05) is 30.3 Å². The lowest BCUT2D eigenvalue weighted by Crippen LogP contribution is -2.47. The summed E-state index contributed by atoms with van der Waals surface area (Å²) >= 11 is 0. The van der Waals surface area contributed by atoms with Crippen molar-refractivity contribution in [2.45, 2.75) is 43.7 Å². The molecule has 1 aliphatic heterocycles. The summed E-state index contributed by atoms with van der Waals surface area (Å²) in [4.78, 5) is 8.69. The van der Waals surface area contributed by atoms with Gasteiger partial charge in [-0.25, -0.2) is 13.4 Å². The molecule has 0 spiro atoms. The average molecular weight is 432 g/mol. The van der Waals surface area contributed by atoms with E-state index < -0.39 is 15.4 Å². The first-order valence-corrected chi connectivity index (χ1v) is 11.2. The van der Waals surface area contributed by atoms with Crippen LogP contribution < -0.4 is 4.74 Å². The molecular weight excluding hydrogens is 406 g/mol. The van der Waals surface area contributed by atoms with Gasteiger partial charge in [-0.2, -0.15) is 9.29 Å². The van der Waals surface area contributed by atoms with E-state index in [2.05, 4.69) is 15.1 Å². The number of hydrogen-bond donors (Lipinski definition) is 0. The second kappa shape index (κ2) is 7.84. The number of hydrogen-bond acceptors (Lipinski definition) is 7. The minimum absolute atomic E-state index is 0.0665. The number of piperidine rings is 1. The summed E-state index contributed by atoms with van der Waals surface area (Å²) in [5.41, 5.74) is -0.552. The highest BCUT2D eigenvalue weighted by atomic mass is 32.2. The fraction of sp³-hybridized carbons (Fsp3) is 0.450. The Labute approximate surface area is 175 Å². The zero-order chi connectivity index (χ0) is 21.4. The molecule has 1 fully saturated rings. The monoisotopic (exact) mass is 431 g/mol. The lowest BCUT2D eigenvalue weighted by Gasteiger charge is -2.37.